The van der Waals surface area contributed by atoms with Gasteiger partial charge in [-0.2, -0.15) is 0 Å². The van der Waals surface area contributed by atoms with Gasteiger partial charge in [0, 0.05) is 49.7 Å². The Morgan fingerprint density at radius 3 is 1.72 bits per heavy atom. The van der Waals surface area contributed by atoms with Gasteiger partial charge in [-0.25, -0.2) is 0 Å². The molecule has 10 aromatic carbocycles. The number of hydrogen-bond donors (Lipinski definition) is 0. The summed E-state index contributed by atoms with van der Waals surface area (Å²) >= 11 is 0. The first-order valence-electron chi connectivity index (χ1n) is 24.2. The van der Waals surface area contributed by atoms with E-state index in [0.29, 0.717) is 0 Å². The molecule has 12 rings (SSSR count). The Kier molecular flexibility index (Phi) is 9.97. The van der Waals surface area contributed by atoms with Gasteiger partial charge in [-0.15, -0.1) is 0 Å². The molecule has 0 fully saturated rings. The maximum atomic E-state index is 6.54. The van der Waals surface area contributed by atoms with Crippen LogP contribution in [0.5, 0.6) is 0 Å². The number of furan rings is 1. The summed E-state index contributed by atoms with van der Waals surface area (Å²) in [6.45, 7) is 13.9. The van der Waals surface area contributed by atoms with Crippen LogP contribution in [0.2, 0.25) is 0 Å². The van der Waals surface area contributed by atoms with E-state index >= 15 is 0 Å². The summed E-state index contributed by atoms with van der Waals surface area (Å²) in [5.41, 5.74) is 18.1. The van der Waals surface area contributed by atoms with Crippen molar-refractivity contribution in [1.82, 2.24) is 4.57 Å². The Labute approximate surface area is 404 Å². The Balaban J connectivity index is 1.09. The third-order valence-electron chi connectivity index (χ3n) is 14.1. The molecule has 0 atom stereocenters. The Morgan fingerprint density at radius 1 is 0.391 bits per heavy atom. The molecule has 0 amide bonds. The first-order valence-corrected chi connectivity index (χ1v) is 24.2. The molecule has 0 saturated heterocycles. The highest BCUT2D eigenvalue weighted by atomic mass is 16.3. The van der Waals surface area contributed by atoms with E-state index in [1.807, 2.05) is 6.07 Å². The number of nitrogens with zero attached hydrogens (tertiary/aromatic N) is 2. The summed E-state index contributed by atoms with van der Waals surface area (Å²) in [5.74, 6) is 0. The maximum Gasteiger partial charge on any atom is 0.143 e. The molecular weight excluding hydrogens is 837 g/mol. The molecule has 3 heteroatoms. The van der Waals surface area contributed by atoms with Crippen LogP contribution in [0.15, 0.2) is 223 Å². The monoisotopic (exact) mass is 890 g/mol. The third-order valence-corrected chi connectivity index (χ3v) is 14.1. The molecule has 2 heterocycles. The molecule has 0 bridgehead atoms. The zero-order valence-electron chi connectivity index (χ0n) is 40.1. The van der Waals surface area contributed by atoms with Gasteiger partial charge >= 0.3 is 0 Å². The van der Waals surface area contributed by atoms with Crippen molar-refractivity contribution in [1.29, 1.82) is 0 Å². The fraction of sp³-hybridized carbons (Fsp3) is 0.121. The first-order chi connectivity index (χ1) is 33.5. The van der Waals surface area contributed by atoms with Crippen molar-refractivity contribution in [3.63, 3.8) is 0 Å². The number of benzene rings is 10. The molecular formula is C66H54N2O. The van der Waals surface area contributed by atoms with E-state index in [2.05, 4.69) is 263 Å². The number of fused-ring (bicyclic) bond motifs is 7. The number of anilines is 3. The lowest BCUT2D eigenvalue weighted by Crippen LogP contribution is -2.16. The zero-order chi connectivity index (χ0) is 47.0. The van der Waals surface area contributed by atoms with Gasteiger partial charge in [0.25, 0.3) is 0 Å². The average Bonchev–Trinajstić information content (AvgIpc) is 3.92. The minimum atomic E-state index is -0.0159. The average molecular weight is 891 g/mol. The van der Waals surface area contributed by atoms with Crippen molar-refractivity contribution in [3.05, 3.63) is 230 Å². The number of rotatable bonds is 7. The van der Waals surface area contributed by atoms with Gasteiger partial charge in [-0.05, 0) is 110 Å². The molecule has 0 N–H and O–H groups in total. The maximum absolute atomic E-state index is 6.54. The minimum absolute atomic E-state index is 0.0159. The highest BCUT2D eigenvalue weighted by molar-refractivity contribution is 6.13. The summed E-state index contributed by atoms with van der Waals surface area (Å²) in [7, 11) is 0. The highest BCUT2D eigenvalue weighted by Gasteiger charge is 2.25. The lowest BCUT2D eigenvalue weighted by atomic mass is 9.78. The van der Waals surface area contributed by atoms with Crippen LogP contribution in [-0.4, -0.2) is 4.57 Å². The lowest BCUT2D eigenvalue weighted by Gasteiger charge is -2.29. The summed E-state index contributed by atoms with van der Waals surface area (Å²) in [6.07, 6.45) is 0. The van der Waals surface area contributed by atoms with Gasteiger partial charge in [-0.3, -0.25) is 0 Å². The summed E-state index contributed by atoms with van der Waals surface area (Å²) in [4.78, 5) is 2.45. The molecule has 0 spiro atoms. The van der Waals surface area contributed by atoms with Crippen molar-refractivity contribution >= 4 is 71.6 Å². The van der Waals surface area contributed by atoms with E-state index in [0.717, 1.165) is 66.9 Å². The van der Waals surface area contributed by atoms with E-state index in [1.54, 1.807) is 0 Å². The van der Waals surface area contributed by atoms with Crippen LogP contribution in [0.25, 0.3) is 93.6 Å². The van der Waals surface area contributed by atoms with Crippen LogP contribution in [0, 0.1) is 0 Å². The standard InChI is InChI=1S/C66H54N2O/c1-65(2,3)46-39-45(40-47(41-46)66(4,5)6)51-26-16-19-44-20-17-28-57(63(44)51)54-24-11-13-30-59(54)67(49-35-33-43(34-36-49)52-27-18-29-58-56-25-12-15-32-62(56)69-64(52)58)50-37-38-55-53-23-10-14-31-60(53)68(61(55)42-50)48-21-8-7-9-22-48/h7-42H,1-6H3. The van der Waals surface area contributed by atoms with Crippen molar-refractivity contribution in [3.8, 4) is 39.1 Å². The second kappa shape index (κ2) is 16.3. The van der Waals surface area contributed by atoms with E-state index in [4.69, 9.17) is 4.42 Å². The topological polar surface area (TPSA) is 21.3 Å². The smallest absolute Gasteiger partial charge is 0.143 e. The van der Waals surface area contributed by atoms with Crippen molar-refractivity contribution in [2.24, 2.45) is 0 Å². The molecule has 0 unspecified atom stereocenters. The Bertz CT molecular complexity index is 3870. The van der Waals surface area contributed by atoms with Gasteiger partial charge < -0.3 is 13.9 Å². The predicted octanol–water partition coefficient (Wildman–Crippen LogP) is 18.9. The molecule has 69 heavy (non-hydrogen) atoms. The summed E-state index contributed by atoms with van der Waals surface area (Å²) in [5, 5.41) is 7.15. The second-order valence-corrected chi connectivity index (χ2v) is 20.6. The normalized spacial score (nSPS) is 12.2. The van der Waals surface area contributed by atoms with E-state index in [9.17, 15) is 0 Å². The van der Waals surface area contributed by atoms with Crippen LogP contribution in [0.3, 0.4) is 0 Å². The predicted molar refractivity (Wildman–Crippen MR) is 294 cm³/mol. The molecule has 0 aliphatic carbocycles. The lowest BCUT2D eigenvalue weighted by molar-refractivity contribution is 0.569. The van der Waals surface area contributed by atoms with Crippen LogP contribution in [0.1, 0.15) is 52.7 Å². The molecule has 334 valence electrons. The van der Waals surface area contributed by atoms with Crippen LogP contribution in [-0.2, 0) is 10.8 Å². The molecule has 0 radical (unpaired) electrons. The van der Waals surface area contributed by atoms with Gasteiger partial charge in [0.1, 0.15) is 11.2 Å². The Morgan fingerprint density at radius 2 is 0.971 bits per heavy atom. The number of para-hydroxylation sites is 5. The largest absolute Gasteiger partial charge is 0.455 e. The van der Waals surface area contributed by atoms with Gasteiger partial charge in [-0.1, -0.05) is 205 Å². The number of hydrogen-bond acceptors (Lipinski definition) is 2. The van der Waals surface area contributed by atoms with Crippen molar-refractivity contribution in [2.75, 3.05) is 4.90 Å². The van der Waals surface area contributed by atoms with Crippen molar-refractivity contribution < 1.29 is 4.42 Å². The SMILES string of the molecule is CC(C)(C)c1cc(-c2cccc3cccc(-c4ccccc4N(c4ccc(-c5cccc6c5oc5ccccc56)cc4)c4ccc5c6ccccc6n(-c6ccccc6)c5c4)c23)cc(C(C)(C)C)c1. The van der Waals surface area contributed by atoms with E-state index < -0.39 is 0 Å². The first kappa shape index (κ1) is 42.2. The quantitative estimate of drug-likeness (QED) is 0.159. The van der Waals surface area contributed by atoms with Crippen LogP contribution >= 0.6 is 0 Å². The summed E-state index contributed by atoms with van der Waals surface area (Å²) in [6, 6.07) is 80.1. The van der Waals surface area contributed by atoms with Crippen LogP contribution < -0.4 is 4.90 Å². The van der Waals surface area contributed by atoms with Crippen molar-refractivity contribution in [2.45, 2.75) is 52.4 Å². The Hall–Kier alpha value is -8.14. The van der Waals surface area contributed by atoms with Gasteiger partial charge in [0.2, 0.25) is 0 Å². The fourth-order valence-corrected chi connectivity index (χ4v) is 10.5. The fourth-order valence-electron chi connectivity index (χ4n) is 10.5. The van der Waals surface area contributed by atoms with E-state index in [-0.39, 0.29) is 10.8 Å². The third kappa shape index (κ3) is 7.28. The zero-order valence-corrected chi connectivity index (χ0v) is 40.1. The minimum Gasteiger partial charge on any atom is -0.455 e. The molecule has 12 aromatic rings. The van der Waals surface area contributed by atoms with Gasteiger partial charge in [0.15, 0.2) is 0 Å². The molecule has 3 nitrogen and oxygen atoms in total. The van der Waals surface area contributed by atoms with Crippen LogP contribution in [0.4, 0.5) is 17.1 Å². The molecule has 0 aliphatic rings. The highest BCUT2D eigenvalue weighted by Crippen LogP contribution is 2.47. The molecule has 2 aromatic heterocycles. The molecule has 0 saturated carbocycles. The number of aromatic nitrogens is 1. The summed E-state index contributed by atoms with van der Waals surface area (Å²) < 4.78 is 8.95. The van der Waals surface area contributed by atoms with Gasteiger partial charge in [0.05, 0.1) is 16.7 Å². The van der Waals surface area contributed by atoms with E-state index in [1.165, 1.54) is 54.9 Å². The molecule has 0 aliphatic heterocycles. The second-order valence-electron chi connectivity index (χ2n) is 20.6.